The second-order valence-corrected chi connectivity index (χ2v) is 3.49. The Kier molecular flexibility index (Phi) is 2.58. The van der Waals surface area contributed by atoms with Crippen molar-refractivity contribution in [2.45, 2.75) is 0 Å². The van der Waals surface area contributed by atoms with Gasteiger partial charge in [0.1, 0.15) is 12.1 Å². The molecule has 14 heavy (non-hydrogen) atoms. The SMILES string of the molecule is CN1CCN(c2cc(F)ncn2)CC1. The topological polar surface area (TPSA) is 32.3 Å². The second-order valence-electron chi connectivity index (χ2n) is 3.49. The molecular formula is C9H13FN4. The number of halogens is 1. The van der Waals surface area contributed by atoms with Gasteiger partial charge < -0.3 is 9.80 Å². The van der Waals surface area contributed by atoms with E-state index in [4.69, 9.17) is 0 Å². The highest BCUT2D eigenvalue weighted by molar-refractivity contribution is 5.37. The number of rotatable bonds is 1. The van der Waals surface area contributed by atoms with Gasteiger partial charge in [-0.05, 0) is 7.05 Å². The van der Waals surface area contributed by atoms with Gasteiger partial charge in [-0.3, -0.25) is 0 Å². The first-order chi connectivity index (χ1) is 6.75. The van der Waals surface area contributed by atoms with Crippen LogP contribution in [-0.4, -0.2) is 48.1 Å². The smallest absolute Gasteiger partial charge is 0.218 e. The van der Waals surface area contributed by atoms with E-state index in [1.807, 2.05) is 0 Å². The van der Waals surface area contributed by atoms with Crippen molar-refractivity contribution in [3.63, 3.8) is 0 Å². The molecule has 5 heteroatoms. The van der Waals surface area contributed by atoms with Crippen molar-refractivity contribution in [3.05, 3.63) is 18.3 Å². The Morgan fingerprint density at radius 2 is 1.93 bits per heavy atom. The van der Waals surface area contributed by atoms with E-state index in [1.54, 1.807) is 0 Å². The maximum Gasteiger partial charge on any atom is 0.218 e. The molecule has 1 aromatic heterocycles. The normalized spacial score (nSPS) is 18.6. The summed E-state index contributed by atoms with van der Waals surface area (Å²) in [5.41, 5.74) is 0. The van der Waals surface area contributed by atoms with Crippen molar-refractivity contribution in [1.29, 1.82) is 0 Å². The van der Waals surface area contributed by atoms with E-state index in [0.717, 1.165) is 26.2 Å². The molecule has 1 aromatic rings. The van der Waals surface area contributed by atoms with E-state index >= 15 is 0 Å². The van der Waals surface area contributed by atoms with Crippen LogP contribution in [0, 0.1) is 5.95 Å². The first kappa shape index (κ1) is 9.33. The third-order valence-electron chi connectivity index (χ3n) is 2.45. The minimum atomic E-state index is -0.464. The zero-order valence-electron chi connectivity index (χ0n) is 8.15. The highest BCUT2D eigenvalue weighted by atomic mass is 19.1. The van der Waals surface area contributed by atoms with Gasteiger partial charge in [-0.1, -0.05) is 0 Å². The Bertz CT molecular complexity index is 309. The zero-order chi connectivity index (χ0) is 9.97. The van der Waals surface area contributed by atoms with Crippen molar-refractivity contribution in [2.24, 2.45) is 0 Å². The van der Waals surface area contributed by atoms with Gasteiger partial charge in [0.05, 0.1) is 0 Å². The van der Waals surface area contributed by atoms with Gasteiger partial charge in [0, 0.05) is 32.2 Å². The molecular weight excluding hydrogens is 183 g/mol. The number of hydrogen-bond donors (Lipinski definition) is 0. The largest absolute Gasteiger partial charge is 0.354 e. The lowest BCUT2D eigenvalue weighted by atomic mass is 10.3. The van der Waals surface area contributed by atoms with Crippen LogP contribution in [0.15, 0.2) is 12.4 Å². The molecule has 0 unspecified atom stereocenters. The molecule has 2 rings (SSSR count). The summed E-state index contributed by atoms with van der Waals surface area (Å²) in [4.78, 5) is 11.8. The molecule has 4 nitrogen and oxygen atoms in total. The summed E-state index contributed by atoms with van der Waals surface area (Å²) < 4.78 is 12.8. The van der Waals surface area contributed by atoms with E-state index < -0.39 is 5.95 Å². The molecule has 1 fully saturated rings. The van der Waals surface area contributed by atoms with Gasteiger partial charge in [-0.2, -0.15) is 4.39 Å². The van der Waals surface area contributed by atoms with Crippen molar-refractivity contribution >= 4 is 5.82 Å². The fraction of sp³-hybridized carbons (Fsp3) is 0.556. The number of aromatic nitrogens is 2. The zero-order valence-corrected chi connectivity index (χ0v) is 8.15. The molecule has 1 saturated heterocycles. The predicted octanol–water partition coefficient (Wildman–Crippen LogP) is 0.367. The first-order valence-corrected chi connectivity index (χ1v) is 4.67. The maximum absolute atomic E-state index is 12.8. The van der Waals surface area contributed by atoms with Crippen molar-refractivity contribution in [1.82, 2.24) is 14.9 Å². The van der Waals surface area contributed by atoms with E-state index in [-0.39, 0.29) is 0 Å². The molecule has 1 aliphatic heterocycles. The lowest BCUT2D eigenvalue weighted by molar-refractivity contribution is 0.312. The lowest BCUT2D eigenvalue weighted by Gasteiger charge is -2.32. The highest BCUT2D eigenvalue weighted by Crippen LogP contribution is 2.12. The van der Waals surface area contributed by atoms with Crippen LogP contribution < -0.4 is 4.90 Å². The quantitative estimate of drug-likeness (QED) is 0.607. The molecule has 0 N–H and O–H groups in total. The Morgan fingerprint density at radius 3 is 2.57 bits per heavy atom. The number of hydrogen-bond acceptors (Lipinski definition) is 4. The molecule has 0 aliphatic carbocycles. The van der Waals surface area contributed by atoms with Crippen LogP contribution in [0.1, 0.15) is 0 Å². The van der Waals surface area contributed by atoms with Crippen LogP contribution in [0.3, 0.4) is 0 Å². The summed E-state index contributed by atoms with van der Waals surface area (Å²) in [5, 5.41) is 0. The number of anilines is 1. The Morgan fingerprint density at radius 1 is 1.21 bits per heavy atom. The van der Waals surface area contributed by atoms with Crippen LogP contribution in [0.2, 0.25) is 0 Å². The van der Waals surface area contributed by atoms with Crippen LogP contribution in [0.25, 0.3) is 0 Å². The molecule has 0 atom stereocenters. The van der Waals surface area contributed by atoms with Crippen molar-refractivity contribution in [2.75, 3.05) is 38.1 Å². The third-order valence-corrected chi connectivity index (χ3v) is 2.45. The first-order valence-electron chi connectivity index (χ1n) is 4.67. The van der Waals surface area contributed by atoms with Crippen LogP contribution in [-0.2, 0) is 0 Å². The molecule has 0 amide bonds. The summed E-state index contributed by atoms with van der Waals surface area (Å²) in [7, 11) is 2.08. The average Bonchev–Trinajstić information content (AvgIpc) is 2.19. The predicted molar refractivity (Wildman–Crippen MR) is 51.7 cm³/mol. The van der Waals surface area contributed by atoms with Gasteiger partial charge >= 0.3 is 0 Å². The Balaban J connectivity index is 2.08. The number of likely N-dealkylation sites (N-methyl/N-ethyl adjacent to an activating group) is 1. The van der Waals surface area contributed by atoms with Gasteiger partial charge in [-0.25, -0.2) is 9.97 Å². The monoisotopic (exact) mass is 196 g/mol. The summed E-state index contributed by atoms with van der Waals surface area (Å²) in [6, 6.07) is 1.38. The fourth-order valence-electron chi connectivity index (χ4n) is 1.53. The summed E-state index contributed by atoms with van der Waals surface area (Å²) in [5.74, 6) is 0.222. The van der Waals surface area contributed by atoms with Crippen LogP contribution in [0.4, 0.5) is 10.2 Å². The average molecular weight is 196 g/mol. The molecule has 0 aromatic carbocycles. The molecule has 0 spiro atoms. The maximum atomic E-state index is 12.8. The number of piperazine rings is 1. The molecule has 0 radical (unpaired) electrons. The van der Waals surface area contributed by atoms with Gasteiger partial charge in [0.15, 0.2) is 0 Å². The highest BCUT2D eigenvalue weighted by Gasteiger charge is 2.15. The van der Waals surface area contributed by atoms with E-state index in [2.05, 4.69) is 26.8 Å². The van der Waals surface area contributed by atoms with E-state index in [1.165, 1.54) is 12.4 Å². The Hall–Kier alpha value is -1.23. The van der Waals surface area contributed by atoms with Gasteiger partial charge in [0.25, 0.3) is 0 Å². The van der Waals surface area contributed by atoms with E-state index in [0.29, 0.717) is 5.82 Å². The molecule has 2 heterocycles. The van der Waals surface area contributed by atoms with Gasteiger partial charge in [0.2, 0.25) is 5.95 Å². The number of nitrogens with zero attached hydrogens (tertiary/aromatic N) is 4. The summed E-state index contributed by atoms with van der Waals surface area (Å²) in [6.07, 6.45) is 1.27. The molecule has 1 aliphatic rings. The third kappa shape index (κ3) is 1.98. The standard InChI is InChI=1S/C9H13FN4/c1-13-2-4-14(5-3-13)9-6-8(10)11-7-12-9/h6-7H,2-5H2,1H3. The minimum absolute atomic E-state index is 0.464. The van der Waals surface area contributed by atoms with Crippen molar-refractivity contribution in [3.8, 4) is 0 Å². The van der Waals surface area contributed by atoms with Crippen molar-refractivity contribution < 1.29 is 4.39 Å². The van der Waals surface area contributed by atoms with Crippen LogP contribution >= 0.6 is 0 Å². The fourth-order valence-corrected chi connectivity index (χ4v) is 1.53. The molecule has 76 valence electrons. The summed E-state index contributed by atoms with van der Waals surface area (Å²) in [6.45, 7) is 3.77. The minimum Gasteiger partial charge on any atom is -0.354 e. The Labute approximate surface area is 82.4 Å². The van der Waals surface area contributed by atoms with Gasteiger partial charge in [-0.15, -0.1) is 0 Å². The second kappa shape index (κ2) is 3.88. The summed E-state index contributed by atoms with van der Waals surface area (Å²) >= 11 is 0. The lowest BCUT2D eigenvalue weighted by Crippen LogP contribution is -2.44. The molecule has 0 saturated carbocycles. The van der Waals surface area contributed by atoms with E-state index in [9.17, 15) is 4.39 Å². The van der Waals surface area contributed by atoms with Crippen LogP contribution in [0.5, 0.6) is 0 Å². The molecule has 0 bridgehead atoms.